The highest BCUT2D eigenvalue weighted by atomic mass is 16.1. The van der Waals surface area contributed by atoms with Crippen molar-refractivity contribution in [2.24, 2.45) is 5.73 Å². The highest BCUT2D eigenvalue weighted by Gasteiger charge is 2.47. The molecule has 0 fully saturated rings. The van der Waals surface area contributed by atoms with Crippen LogP contribution < -0.4 is 5.73 Å². The van der Waals surface area contributed by atoms with E-state index in [0.29, 0.717) is 5.92 Å². The minimum absolute atomic E-state index is 0.254. The molecule has 2 nitrogen and oxygen atoms in total. The number of hydrogen-bond donors (Lipinski definition) is 1. The van der Waals surface area contributed by atoms with E-state index in [-0.39, 0.29) is 5.91 Å². The summed E-state index contributed by atoms with van der Waals surface area (Å²) < 4.78 is 0. The highest BCUT2D eigenvalue weighted by molar-refractivity contribution is 5.92. The second kappa shape index (κ2) is 4.23. The van der Waals surface area contributed by atoms with Crippen molar-refractivity contribution in [3.05, 3.63) is 71.3 Å². The molecule has 19 heavy (non-hydrogen) atoms. The lowest BCUT2D eigenvalue weighted by molar-refractivity contribution is -0.122. The third-order valence-corrected chi connectivity index (χ3v) is 4.25. The van der Waals surface area contributed by atoms with Crippen LogP contribution in [-0.4, -0.2) is 5.91 Å². The molecule has 2 atom stereocenters. The topological polar surface area (TPSA) is 43.1 Å². The highest BCUT2D eigenvalue weighted by Crippen LogP contribution is 2.49. The van der Waals surface area contributed by atoms with Gasteiger partial charge in [-0.15, -0.1) is 0 Å². The zero-order chi connectivity index (χ0) is 13.5. The van der Waals surface area contributed by atoms with Crippen molar-refractivity contribution in [1.29, 1.82) is 0 Å². The Labute approximate surface area is 113 Å². The molecular formula is C17H17NO. The molecule has 3 rings (SSSR count). The number of carbonyl (C=O) groups is 1. The molecule has 2 N–H and O–H groups in total. The summed E-state index contributed by atoms with van der Waals surface area (Å²) in [6, 6.07) is 18.0. The van der Waals surface area contributed by atoms with Gasteiger partial charge >= 0.3 is 0 Å². The van der Waals surface area contributed by atoms with Crippen molar-refractivity contribution in [2.75, 3.05) is 0 Å². The molecule has 0 heterocycles. The van der Waals surface area contributed by atoms with Crippen LogP contribution in [0.1, 0.15) is 36.0 Å². The number of amides is 1. The first-order chi connectivity index (χ1) is 9.16. The lowest BCUT2D eigenvalue weighted by Gasteiger charge is -2.27. The Morgan fingerprint density at radius 1 is 1.11 bits per heavy atom. The van der Waals surface area contributed by atoms with Crippen LogP contribution in [0.3, 0.4) is 0 Å². The molecule has 2 aromatic rings. The Hall–Kier alpha value is -2.09. The molecule has 2 unspecified atom stereocenters. The Morgan fingerprint density at radius 2 is 1.74 bits per heavy atom. The van der Waals surface area contributed by atoms with Gasteiger partial charge in [0.25, 0.3) is 0 Å². The van der Waals surface area contributed by atoms with Gasteiger partial charge in [-0.05, 0) is 29.0 Å². The first-order valence-electron chi connectivity index (χ1n) is 6.61. The van der Waals surface area contributed by atoms with E-state index in [1.54, 1.807) is 0 Å². The molecule has 1 aliphatic carbocycles. The SMILES string of the molecule is CC1CC(C(N)=O)(c2ccccc2)c2ccccc21. The number of primary amides is 1. The van der Waals surface area contributed by atoms with Crippen molar-refractivity contribution in [3.8, 4) is 0 Å². The number of carbonyl (C=O) groups excluding carboxylic acids is 1. The van der Waals surface area contributed by atoms with Gasteiger partial charge in [0.1, 0.15) is 0 Å². The maximum absolute atomic E-state index is 12.3. The van der Waals surface area contributed by atoms with Crippen LogP contribution >= 0.6 is 0 Å². The fraction of sp³-hybridized carbons (Fsp3) is 0.235. The van der Waals surface area contributed by atoms with Gasteiger partial charge in [0.15, 0.2) is 0 Å². The first-order valence-corrected chi connectivity index (χ1v) is 6.61. The molecule has 2 heteroatoms. The summed E-state index contributed by atoms with van der Waals surface area (Å²) in [4.78, 5) is 12.3. The molecule has 0 aromatic heterocycles. The summed E-state index contributed by atoms with van der Waals surface area (Å²) >= 11 is 0. The maximum Gasteiger partial charge on any atom is 0.232 e. The number of rotatable bonds is 2. The van der Waals surface area contributed by atoms with Gasteiger partial charge in [0.05, 0.1) is 5.41 Å². The quantitative estimate of drug-likeness (QED) is 0.876. The molecule has 96 valence electrons. The van der Waals surface area contributed by atoms with Crippen LogP contribution in [0.2, 0.25) is 0 Å². The van der Waals surface area contributed by atoms with Crippen molar-refractivity contribution in [2.45, 2.75) is 24.7 Å². The lowest BCUT2D eigenvalue weighted by Crippen LogP contribution is -2.40. The third kappa shape index (κ3) is 1.60. The van der Waals surface area contributed by atoms with Crippen molar-refractivity contribution in [1.82, 2.24) is 0 Å². The molecule has 0 saturated carbocycles. The van der Waals surface area contributed by atoms with Gasteiger partial charge < -0.3 is 5.73 Å². The van der Waals surface area contributed by atoms with Crippen LogP contribution in [0.15, 0.2) is 54.6 Å². The molecule has 2 aromatic carbocycles. The molecule has 0 saturated heterocycles. The number of hydrogen-bond acceptors (Lipinski definition) is 1. The van der Waals surface area contributed by atoms with Gasteiger partial charge in [0, 0.05) is 0 Å². The van der Waals surface area contributed by atoms with Crippen LogP contribution in [0.4, 0.5) is 0 Å². The minimum atomic E-state index is -0.669. The average Bonchev–Trinajstić information content (AvgIpc) is 2.75. The number of fused-ring (bicyclic) bond motifs is 1. The standard InChI is InChI=1S/C17H17NO/c1-12-11-17(16(18)19,13-7-3-2-4-8-13)15-10-6-5-9-14(12)15/h2-10,12H,11H2,1H3,(H2,18,19). The van der Waals surface area contributed by atoms with E-state index >= 15 is 0 Å². The van der Waals surface area contributed by atoms with Gasteiger partial charge in [-0.25, -0.2) is 0 Å². The summed E-state index contributed by atoms with van der Waals surface area (Å²) in [5.74, 6) is 0.0967. The molecule has 1 amide bonds. The molecule has 1 aliphatic rings. The van der Waals surface area contributed by atoms with E-state index in [2.05, 4.69) is 13.0 Å². The van der Waals surface area contributed by atoms with E-state index in [0.717, 1.165) is 17.5 Å². The van der Waals surface area contributed by atoms with Crippen molar-refractivity contribution < 1.29 is 4.79 Å². The van der Waals surface area contributed by atoms with Crippen molar-refractivity contribution >= 4 is 5.91 Å². The zero-order valence-corrected chi connectivity index (χ0v) is 11.0. The normalized spacial score (nSPS) is 25.0. The maximum atomic E-state index is 12.3. The number of nitrogens with two attached hydrogens (primary N) is 1. The minimum Gasteiger partial charge on any atom is -0.369 e. The molecular weight excluding hydrogens is 234 g/mol. The van der Waals surface area contributed by atoms with E-state index in [4.69, 9.17) is 5.73 Å². The van der Waals surface area contributed by atoms with Crippen LogP contribution in [0.5, 0.6) is 0 Å². The molecule has 0 bridgehead atoms. The van der Waals surface area contributed by atoms with E-state index in [1.165, 1.54) is 5.56 Å². The fourth-order valence-corrected chi connectivity index (χ4v) is 3.37. The summed E-state index contributed by atoms with van der Waals surface area (Å²) in [6.45, 7) is 2.16. The fourth-order valence-electron chi connectivity index (χ4n) is 3.37. The Balaban J connectivity index is 2.28. The molecule has 0 aliphatic heterocycles. The van der Waals surface area contributed by atoms with E-state index in [1.807, 2.05) is 48.5 Å². The monoisotopic (exact) mass is 251 g/mol. The predicted octanol–water partition coefficient (Wildman–Crippen LogP) is 2.97. The Morgan fingerprint density at radius 3 is 2.42 bits per heavy atom. The second-order valence-electron chi connectivity index (χ2n) is 5.33. The van der Waals surface area contributed by atoms with Crippen LogP contribution in [-0.2, 0) is 10.2 Å². The van der Waals surface area contributed by atoms with Crippen LogP contribution in [0.25, 0.3) is 0 Å². The zero-order valence-electron chi connectivity index (χ0n) is 11.0. The lowest BCUT2D eigenvalue weighted by atomic mass is 9.74. The summed E-state index contributed by atoms with van der Waals surface area (Å²) in [7, 11) is 0. The summed E-state index contributed by atoms with van der Waals surface area (Å²) in [5.41, 5.74) is 8.44. The average molecular weight is 251 g/mol. The number of benzene rings is 2. The summed E-state index contributed by atoms with van der Waals surface area (Å²) in [5, 5.41) is 0. The Kier molecular flexibility index (Phi) is 2.67. The van der Waals surface area contributed by atoms with Gasteiger partial charge in [0.2, 0.25) is 5.91 Å². The van der Waals surface area contributed by atoms with E-state index < -0.39 is 5.41 Å². The second-order valence-corrected chi connectivity index (χ2v) is 5.33. The molecule has 0 spiro atoms. The smallest absolute Gasteiger partial charge is 0.232 e. The third-order valence-electron chi connectivity index (χ3n) is 4.25. The Bertz CT molecular complexity index is 620. The van der Waals surface area contributed by atoms with Crippen molar-refractivity contribution in [3.63, 3.8) is 0 Å². The van der Waals surface area contributed by atoms with Gasteiger partial charge in [-0.1, -0.05) is 61.5 Å². The summed E-state index contributed by atoms with van der Waals surface area (Å²) in [6.07, 6.45) is 0.756. The first kappa shape index (κ1) is 12.0. The predicted molar refractivity (Wildman–Crippen MR) is 75.9 cm³/mol. The largest absolute Gasteiger partial charge is 0.369 e. The van der Waals surface area contributed by atoms with Crippen LogP contribution in [0, 0.1) is 0 Å². The van der Waals surface area contributed by atoms with Gasteiger partial charge in [-0.2, -0.15) is 0 Å². The van der Waals surface area contributed by atoms with E-state index in [9.17, 15) is 4.79 Å². The van der Waals surface area contributed by atoms with Gasteiger partial charge in [-0.3, -0.25) is 4.79 Å². The molecule has 0 radical (unpaired) electrons.